The number of pyridine rings is 1. The second-order valence-corrected chi connectivity index (χ2v) is 3.99. The van der Waals surface area contributed by atoms with Crippen LogP contribution in [0, 0.1) is 0 Å². The number of hydrogen-bond acceptors (Lipinski definition) is 4. The summed E-state index contributed by atoms with van der Waals surface area (Å²) in [6.45, 7) is 0.271. The number of rotatable bonds is 3. The van der Waals surface area contributed by atoms with Crippen LogP contribution in [-0.2, 0) is 16.1 Å². The molecule has 0 unspecified atom stereocenters. The quantitative estimate of drug-likeness (QED) is 0.796. The van der Waals surface area contributed by atoms with Gasteiger partial charge in [-0.25, -0.2) is 4.98 Å². The number of nitrogens with one attached hydrogen (secondary N) is 1. The van der Waals surface area contributed by atoms with Crippen molar-refractivity contribution in [2.24, 2.45) is 0 Å². The summed E-state index contributed by atoms with van der Waals surface area (Å²) >= 11 is 0. The average molecular weight is 233 g/mol. The minimum atomic E-state index is -0.0992. The number of carbonyl (C=O) groups is 2. The Hall–Kier alpha value is -1.91. The summed E-state index contributed by atoms with van der Waals surface area (Å²) in [7, 11) is 1.78. The van der Waals surface area contributed by atoms with Crippen molar-refractivity contribution in [1.29, 1.82) is 0 Å². The predicted octanol–water partition coefficient (Wildman–Crippen LogP) is 1.16. The summed E-state index contributed by atoms with van der Waals surface area (Å²) in [5.74, 6) is 0.537. The molecule has 0 aromatic carbocycles. The summed E-state index contributed by atoms with van der Waals surface area (Å²) < 4.78 is 0. The molecule has 1 saturated heterocycles. The van der Waals surface area contributed by atoms with Gasteiger partial charge in [0.25, 0.3) is 0 Å². The van der Waals surface area contributed by atoms with Gasteiger partial charge < -0.3 is 5.32 Å². The number of carbonyl (C=O) groups excluding carboxylic acids is 2. The maximum absolute atomic E-state index is 11.6. The van der Waals surface area contributed by atoms with Gasteiger partial charge in [0, 0.05) is 19.9 Å². The monoisotopic (exact) mass is 233 g/mol. The first-order valence-electron chi connectivity index (χ1n) is 5.67. The molecule has 1 aromatic heterocycles. The van der Waals surface area contributed by atoms with Gasteiger partial charge in [0.1, 0.15) is 5.82 Å². The van der Waals surface area contributed by atoms with Gasteiger partial charge in [-0.15, -0.1) is 0 Å². The van der Waals surface area contributed by atoms with Crippen molar-refractivity contribution in [1.82, 2.24) is 9.88 Å². The Bertz CT molecular complexity index is 429. The molecule has 0 spiro atoms. The van der Waals surface area contributed by atoms with Gasteiger partial charge in [-0.05, 0) is 18.6 Å². The molecule has 17 heavy (non-hydrogen) atoms. The molecule has 2 amide bonds. The number of anilines is 1. The zero-order valence-electron chi connectivity index (χ0n) is 9.77. The van der Waals surface area contributed by atoms with E-state index in [1.807, 2.05) is 18.2 Å². The first kappa shape index (κ1) is 11.6. The molecular weight excluding hydrogens is 218 g/mol. The largest absolute Gasteiger partial charge is 0.373 e. The highest BCUT2D eigenvalue weighted by molar-refractivity contribution is 5.97. The number of imide groups is 1. The maximum atomic E-state index is 11.6. The van der Waals surface area contributed by atoms with Crippen LogP contribution in [0.25, 0.3) is 0 Å². The van der Waals surface area contributed by atoms with Crippen molar-refractivity contribution in [2.45, 2.75) is 25.8 Å². The van der Waals surface area contributed by atoms with Crippen molar-refractivity contribution in [3.63, 3.8) is 0 Å². The van der Waals surface area contributed by atoms with Crippen molar-refractivity contribution >= 4 is 17.6 Å². The molecule has 0 radical (unpaired) electrons. The lowest BCUT2D eigenvalue weighted by atomic mass is 10.1. The lowest BCUT2D eigenvalue weighted by Crippen LogP contribution is -2.39. The SMILES string of the molecule is CNc1cccc(CN2C(=O)CCCC2=O)n1. The van der Waals surface area contributed by atoms with Crippen molar-refractivity contribution < 1.29 is 9.59 Å². The molecule has 2 heterocycles. The third-order valence-electron chi connectivity index (χ3n) is 2.77. The topological polar surface area (TPSA) is 62.3 Å². The summed E-state index contributed by atoms with van der Waals surface area (Å²) in [6, 6.07) is 5.51. The fraction of sp³-hybridized carbons (Fsp3) is 0.417. The van der Waals surface area contributed by atoms with Crippen LogP contribution in [0.2, 0.25) is 0 Å². The molecule has 5 nitrogen and oxygen atoms in total. The van der Waals surface area contributed by atoms with Gasteiger partial charge in [0.15, 0.2) is 0 Å². The smallest absolute Gasteiger partial charge is 0.229 e. The Morgan fingerprint density at radius 2 is 2.00 bits per heavy atom. The standard InChI is InChI=1S/C12H15N3O2/c1-13-10-5-2-4-9(14-10)8-15-11(16)6-3-7-12(15)17/h2,4-5H,3,6-8H2,1H3,(H,13,14). The van der Waals surface area contributed by atoms with Crippen LogP contribution >= 0.6 is 0 Å². The average Bonchev–Trinajstić information content (AvgIpc) is 2.34. The Kier molecular flexibility index (Phi) is 3.37. The zero-order valence-corrected chi connectivity index (χ0v) is 9.77. The predicted molar refractivity (Wildman–Crippen MR) is 63.2 cm³/mol. The van der Waals surface area contributed by atoms with E-state index < -0.39 is 0 Å². The summed E-state index contributed by atoms with van der Waals surface area (Å²) in [5, 5.41) is 2.93. The van der Waals surface area contributed by atoms with Gasteiger partial charge in [0.05, 0.1) is 12.2 Å². The van der Waals surface area contributed by atoms with Gasteiger partial charge in [0.2, 0.25) is 11.8 Å². The molecule has 0 aliphatic carbocycles. The second-order valence-electron chi connectivity index (χ2n) is 3.99. The number of likely N-dealkylation sites (tertiary alicyclic amines) is 1. The minimum absolute atomic E-state index is 0.0992. The van der Waals surface area contributed by atoms with Gasteiger partial charge in [-0.2, -0.15) is 0 Å². The zero-order chi connectivity index (χ0) is 12.3. The van der Waals surface area contributed by atoms with E-state index in [9.17, 15) is 9.59 Å². The molecule has 90 valence electrons. The van der Waals surface area contributed by atoms with Crippen LogP contribution < -0.4 is 5.32 Å². The number of amides is 2. The molecule has 1 aliphatic rings. The highest BCUT2D eigenvalue weighted by atomic mass is 16.2. The number of piperidine rings is 1. The number of aromatic nitrogens is 1. The van der Waals surface area contributed by atoms with Crippen molar-refractivity contribution in [2.75, 3.05) is 12.4 Å². The number of nitrogens with zero attached hydrogens (tertiary/aromatic N) is 2. The molecule has 1 N–H and O–H groups in total. The third-order valence-corrected chi connectivity index (χ3v) is 2.77. The maximum Gasteiger partial charge on any atom is 0.229 e. The third kappa shape index (κ3) is 2.61. The lowest BCUT2D eigenvalue weighted by molar-refractivity contribution is -0.148. The van der Waals surface area contributed by atoms with Gasteiger partial charge in [-0.1, -0.05) is 6.07 Å². The van der Waals surface area contributed by atoms with E-state index in [4.69, 9.17) is 0 Å². The molecule has 0 saturated carbocycles. The minimum Gasteiger partial charge on any atom is -0.373 e. The molecule has 2 rings (SSSR count). The van der Waals surface area contributed by atoms with Gasteiger partial charge >= 0.3 is 0 Å². The molecule has 1 aromatic rings. The van der Waals surface area contributed by atoms with Crippen LogP contribution in [0.5, 0.6) is 0 Å². The van der Waals surface area contributed by atoms with E-state index in [1.54, 1.807) is 7.05 Å². The van der Waals surface area contributed by atoms with Crippen LogP contribution in [-0.4, -0.2) is 28.7 Å². The fourth-order valence-corrected chi connectivity index (χ4v) is 1.85. The number of hydrogen-bond donors (Lipinski definition) is 1. The van der Waals surface area contributed by atoms with Crippen molar-refractivity contribution in [3.05, 3.63) is 23.9 Å². The second kappa shape index (κ2) is 4.95. The Morgan fingerprint density at radius 3 is 2.65 bits per heavy atom. The highest BCUT2D eigenvalue weighted by Gasteiger charge is 2.26. The van der Waals surface area contributed by atoms with E-state index in [0.29, 0.717) is 19.3 Å². The summed E-state index contributed by atoms with van der Waals surface area (Å²) in [6.07, 6.45) is 1.58. The molecule has 5 heteroatoms. The normalized spacial score (nSPS) is 16.2. The van der Waals surface area contributed by atoms with E-state index in [-0.39, 0.29) is 18.4 Å². The molecular formula is C12H15N3O2. The van der Waals surface area contributed by atoms with E-state index in [1.165, 1.54) is 4.90 Å². The molecule has 1 fully saturated rings. The first-order valence-corrected chi connectivity index (χ1v) is 5.67. The van der Waals surface area contributed by atoms with E-state index in [0.717, 1.165) is 11.5 Å². The van der Waals surface area contributed by atoms with Crippen molar-refractivity contribution in [3.8, 4) is 0 Å². The summed E-state index contributed by atoms with van der Waals surface area (Å²) in [4.78, 5) is 28.8. The molecule has 0 atom stereocenters. The van der Waals surface area contributed by atoms with Crippen LogP contribution in [0.1, 0.15) is 25.0 Å². The lowest BCUT2D eigenvalue weighted by Gasteiger charge is -2.24. The fourth-order valence-electron chi connectivity index (χ4n) is 1.85. The van der Waals surface area contributed by atoms with Crippen LogP contribution in [0.15, 0.2) is 18.2 Å². The van der Waals surface area contributed by atoms with Gasteiger partial charge in [-0.3, -0.25) is 14.5 Å². The molecule has 0 bridgehead atoms. The van der Waals surface area contributed by atoms with Crippen LogP contribution in [0.4, 0.5) is 5.82 Å². The van der Waals surface area contributed by atoms with E-state index >= 15 is 0 Å². The first-order chi connectivity index (χ1) is 8.20. The molecule has 1 aliphatic heterocycles. The van der Waals surface area contributed by atoms with Crippen LogP contribution in [0.3, 0.4) is 0 Å². The Morgan fingerprint density at radius 1 is 1.29 bits per heavy atom. The summed E-state index contributed by atoms with van der Waals surface area (Å²) in [5.41, 5.74) is 0.723. The van der Waals surface area contributed by atoms with E-state index in [2.05, 4.69) is 10.3 Å². The Balaban J connectivity index is 2.13. The Labute approximate surface area is 99.8 Å². The highest BCUT2D eigenvalue weighted by Crippen LogP contribution is 2.15.